The molecule has 0 aliphatic heterocycles. The summed E-state index contributed by atoms with van der Waals surface area (Å²) in [6.07, 6.45) is 1.78. The van der Waals surface area contributed by atoms with E-state index in [1.807, 2.05) is 36.7 Å². The molecule has 0 bridgehead atoms. The lowest BCUT2D eigenvalue weighted by molar-refractivity contribution is 0.102. The Balaban J connectivity index is 1.71. The summed E-state index contributed by atoms with van der Waals surface area (Å²) in [6, 6.07) is 5.40. The third-order valence-electron chi connectivity index (χ3n) is 4.38. The molecule has 0 spiro atoms. The second-order valence-electron chi connectivity index (χ2n) is 6.12. The van der Waals surface area contributed by atoms with Gasteiger partial charge in [-0.25, -0.2) is 4.98 Å². The molecule has 0 radical (unpaired) electrons. The Bertz CT molecular complexity index is 1360. The first kappa shape index (κ1) is 13.4. The molecule has 0 saturated heterocycles. The van der Waals surface area contributed by atoms with E-state index >= 15 is 0 Å². The number of nitrogens with one attached hydrogen (secondary N) is 1. The van der Waals surface area contributed by atoms with Gasteiger partial charge in [0.05, 0.1) is 30.0 Å². The van der Waals surface area contributed by atoms with Crippen molar-refractivity contribution in [3.63, 3.8) is 0 Å². The highest BCUT2D eigenvalue weighted by atomic mass is 16.5. The Hall–Kier alpha value is -3.74. The number of rotatable bonds is 4. The van der Waals surface area contributed by atoms with E-state index in [-0.39, 0.29) is 11.6 Å². The maximum absolute atomic E-state index is 12.8. The number of aromatic nitrogens is 4. The van der Waals surface area contributed by atoms with Crippen LogP contribution >= 0.6 is 0 Å². The Labute approximate surface area is 167 Å². The molecule has 1 amide bonds. The zero-order valence-electron chi connectivity index (χ0n) is 19.5. The summed E-state index contributed by atoms with van der Waals surface area (Å²) in [5.74, 6) is -0.0504. The van der Waals surface area contributed by atoms with Crippen LogP contribution in [0.2, 0.25) is 0 Å². The van der Waals surface area contributed by atoms with E-state index in [1.54, 1.807) is 12.3 Å². The average molecular weight is 377 g/mol. The number of ether oxygens (including phenoxy) is 1. The number of hydrogen-bond donors (Lipinski definition) is 1. The van der Waals surface area contributed by atoms with E-state index < -0.39 is 35.6 Å². The smallest absolute Gasteiger partial charge is 0.256 e. The van der Waals surface area contributed by atoms with Crippen molar-refractivity contribution >= 4 is 22.6 Å². The van der Waals surface area contributed by atoms with Gasteiger partial charge in [0, 0.05) is 23.6 Å². The summed E-state index contributed by atoms with van der Waals surface area (Å²) in [7, 11) is 3.17. The van der Waals surface area contributed by atoms with Gasteiger partial charge in [0.2, 0.25) is 0 Å². The number of methoxy groups -OCH3 is 1. The molecule has 0 atom stereocenters. The van der Waals surface area contributed by atoms with Crippen molar-refractivity contribution in [2.75, 3.05) is 12.4 Å². The zero-order chi connectivity index (χ0) is 23.2. The van der Waals surface area contributed by atoms with Gasteiger partial charge < -0.3 is 14.6 Å². The quantitative estimate of drug-likeness (QED) is 0.588. The highest BCUT2D eigenvalue weighted by Crippen LogP contribution is 2.25. The van der Waals surface area contributed by atoms with Gasteiger partial charge in [-0.3, -0.25) is 4.79 Å². The summed E-state index contributed by atoms with van der Waals surface area (Å²) in [5.41, 5.74) is 2.07. The highest BCUT2D eigenvalue weighted by molar-refractivity contribution is 6.04. The van der Waals surface area contributed by atoms with Crippen molar-refractivity contribution in [3.8, 4) is 17.0 Å². The Morgan fingerprint density at radius 2 is 1.96 bits per heavy atom. The molecule has 4 rings (SSSR count). The van der Waals surface area contributed by atoms with Crippen LogP contribution in [0.5, 0.6) is 5.75 Å². The van der Waals surface area contributed by atoms with E-state index in [4.69, 9.17) is 10.2 Å². The number of nitrogens with zero attached hydrogens (tertiary/aromatic N) is 4. The van der Waals surface area contributed by atoms with Crippen LogP contribution in [0.3, 0.4) is 0 Å². The molecule has 0 aliphatic carbocycles. The molecule has 0 unspecified atom stereocenters. The van der Waals surface area contributed by atoms with Crippen molar-refractivity contribution in [1.29, 1.82) is 0 Å². The van der Waals surface area contributed by atoms with Gasteiger partial charge in [-0.2, -0.15) is 0 Å². The fraction of sp³-hybridized carbons (Fsp3) is 0.143. The number of hydrogen-bond acceptors (Lipinski definition) is 5. The number of aryl methyl sites for hydroxylation is 1. The normalized spacial score (nSPS) is 12.8. The molecule has 7 nitrogen and oxygen atoms in total. The maximum Gasteiger partial charge on any atom is 0.256 e. The van der Waals surface area contributed by atoms with Crippen LogP contribution in [0.1, 0.15) is 21.7 Å². The van der Waals surface area contributed by atoms with Gasteiger partial charge in [0.1, 0.15) is 11.6 Å². The lowest BCUT2D eigenvalue weighted by Crippen LogP contribution is -2.13. The predicted octanol–water partition coefficient (Wildman–Crippen LogP) is 3.60. The monoisotopic (exact) mass is 377 g/mol. The van der Waals surface area contributed by atoms with E-state index in [0.29, 0.717) is 5.52 Å². The lowest BCUT2D eigenvalue weighted by Gasteiger charge is -2.08. The molecule has 0 fully saturated rings. The first-order valence-electron chi connectivity index (χ1n) is 10.4. The van der Waals surface area contributed by atoms with E-state index in [9.17, 15) is 4.79 Å². The second-order valence-corrected chi connectivity index (χ2v) is 6.12. The topological polar surface area (TPSA) is 81.9 Å². The van der Waals surface area contributed by atoms with E-state index in [0.717, 1.165) is 22.5 Å². The second kappa shape index (κ2) is 7.11. The number of benzene rings is 2. The number of anilines is 1. The number of imidazole rings is 1. The average Bonchev–Trinajstić information content (AvgIpc) is 3.11. The lowest BCUT2D eigenvalue weighted by atomic mass is 10.1. The number of carbonyl (C=O) groups excluding carboxylic acids is 1. The van der Waals surface area contributed by atoms with Crippen molar-refractivity contribution in [3.05, 3.63) is 66.0 Å². The highest BCUT2D eigenvalue weighted by Gasteiger charge is 2.10. The summed E-state index contributed by atoms with van der Waals surface area (Å²) >= 11 is 0. The van der Waals surface area contributed by atoms with Crippen LogP contribution in [0.15, 0.2) is 54.6 Å². The van der Waals surface area contributed by atoms with E-state index in [1.165, 1.54) is 7.11 Å². The third-order valence-corrected chi connectivity index (χ3v) is 4.38. The van der Waals surface area contributed by atoms with Crippen LogP contribution in [0.4, 0.5) is 5.82 Å². The molecule has 0 aliphatic rings. The Kier molecular flexibility index (Phi) is 3.41. The van der Waals surface area contributed by atoms with Crippen LogP contribution in [-0.2, 0) is 7.05 Å². The van der Waals surface area contributed by atoms with Crippen LogP contribution in [0.25, 0.3) is 22.2 Å². The number of amides is 1. The van der Waals surface area contributed by atoms with Crippen molar-refractivity contribution < 1.29 is 15.0 Å². The Morgan fingerprint density at radius 1 is 1.18 bits per heavy atom. The predicted molar refractivity (Wildman–Crippen MR) is 107 cm³/mol. The number of fused-ring (bicyclic) bond motifs is 1. The van der Waals surface area contributed by atoms with Gasteiger partial charge in [0.25, 0.3) is 5.91 Å². The van der Waals surface area contributed by atoms with E-state index in [2.05, 4.69) is 20.5 Å². The standard InChI is InChI=1S/C21H19N5O2/c1-13-22-12-19(26(13)2)15-6-9-18-16(10-15)11-20(25-24-18)23-21(27)14-4-7-17(28-3)8-5-14/h4-12H,1-3H3,(H,23,25,27)/i4D,5D,7D,8D. The SMILES string of the molecule is [2H]c1c([2H])c(C(=O)Nc2cc3cc(-c4cnc(C)n4C)ccc3nn2)c([2H])c([2H])c1OC. The molecular weight excluding hydrogens is 354 g/mol. The number of carbonyl (C=O) groups is 1. The molecule has 28 heavy (non-hydrogen) atoms. The van der Waals surface area contributed by atoms with Crippen LogP contribution in [0, 0.1) is 6.92 Å². The van der Waals surface area contributed by atoms with Gasteiger partial charge in [-0.15, -0.1) is 10.2 Å². The minimum Gasteiger partial charge on any atom is -0.497 e. The van der Waals surface area contributed by atoms with Crippen molar-refractivity contribution in [2.24, 2.45) is 7.05 Å². The van der Waals surface area contributed by atoms with Gasteiger partial charge in [-0.05, 0) is 49.3 Å². The minimum atomic E-state index is -0.822. The maximum atomic E-state index is 12.8. The molecule has 1 N–H and O–H groups in total. The van der Waals surface area contributed by atoms with Crippen LogP contribution in [-0.4, -0.2) is 32.8 Å². The molecule has 7 heteroatoms. The van der Waals surface area contributed by atoms with Gasteiger partial charge >= 0.3 is 0 Å². The summed E-state index contributed by atoms with van der Waals surface area (Å²) in [5, 5.41) is 11.4. The fourth-order valence-corrected chi connectivity index (χ4v) is 2.73. The Morgan fingerprint density at radius 3 is 2.64 bits per heavy atom. The zero-order valence-corrected chi connectivity index (χ0v) is 15.5. The molecule has 2 aromatic heterocycles. The molecule has 0 saturated carbocycles. The summed E-state index contributed by atoms with van der Waals surface area (Å²) in [6.45, 7) is 1.91. The van der Waals surface area contributed by atoms with Gasteiger partial charge in [0.15, 0.2) is 5.82 Å². The fourth-order valence-electron chi connectivity index (χ4n) is 2.73. The summed E-state index contributed by atoms with van der Waals surface area (Å²) < 4.78 is 38.9. The van der Waals surface area contributed by atoms with Gasteiger partial charge in [-0.1, -0.05) is 6.07 Å². The first-order valence-corrected chi connectivity index (χ1v) is 8.44. The minimum absolute atomic E-state index is 0.119. The van der Waals surface area contributed by atoms with Crippen molar-refractivity contribution in [2.45, 2.75) is 6.92 Å². The molecule has 2 heterocycles. The van der Waals surface area contributed by atoms with Crippen LogP contribution < -0.4 is 10.1 Å². The third kappa shape index (κ3) is 3.29. The largest absolute Gasteiger partial charge is 0.497 e. The summed E-state index contributed by atoms with van der Waals surface area (Å²) in [4.78, 5) is 17.1. The molecule has 2 aromatic carbocycles. The first-order chi connectivity index (χ1) is 15.2. The van der Waals surface area contributed by atoms with Crippen molar-refractivity contribution in [1.82, 2.24) is 19.7 Å². The molecule has 140 valence electrons. The molecule has 4 aromatic rings. The molecular formula is C21H19N5O2.